The van der Waals surface area contributed by atoms with E-state index in [4.69, 9.17) is 0 Å². The van der Waals surface area contributed by atoms with Gasteiger partial charge in [-0.3, -0.25) is 0 Å². The first-order chi connectivity index (χ1) is 4.31. The molecule has 0 amide bonds. The van der Waals surface area contributed by atoms with Crippen molar-refractivity contribution >= 4 is 14.8 Å². The van der Waals surface area contributed by atoms with E-state index in [1.807, 2.05) is 0 Å². The Hall–Kier alpha value is -0.173. The van der Waals surface area contributed by atoms with Gasteiger partial charge in [0.15, 0.2) is 0 Å². The summed E-state index contributed by atoms with van der Waals surface area (Å²) >= 11 is 0. The van der Waals surface area contributed by atoms with Gasteiger partial charge in [-0.05, 0) is 21.6 Å². The minimum absolute atomic E-state index is 0.557. The number of rotatable bonds is 3. The molecule has 0 N–H and O–H groups in total. The van der Waals surface area contributed by atoms with E-state index in [9.17, 15) is 0 Å². The fourth-order valence-electron chi connectivity index (χ4n) is 0.501. The van der Waals surface area contributed by atoms with Crippen molar-refractivity contribution in [3.05, 3.63) is 12.2 Å². The van der Waals surface area contributed by atoms with Crippen molar-refractivity contribution in [2.45, 2.75) is 32.7 Å². The van der Waals surface area contributed by atoms with Gasteiger partial charge in [-0.1, -0.05) is 38.1 Å². The molecule has 52 valence electrons. The number of allylic oxidation sites excluding steroid dienone is 2. The van der Waals surface area contributed by atoms with Crippen LogP contribution in [0.3, 0.4) is 0 Å². The van der Waals surface area contributed by atoms with Crippen LogP contribution in [-0.2, 0) is 0 Å². The molecule has 0 aromatic rings. The molecule has 0 radical (unpaired) electrons. The van der Waals surface area contributed by atoms with E-state index in [0.29, 0.717) is 9.13 Å². The molecular formula is C8H16Si. The molecule has 0 aliphatic carbocycles. The second kappa shape index (κ2) is 5.95. The molecule has 0 saturated heterocycles. The summed E-state index contributed by atoms with van der Waals surface area (Å²) in [6, 6.07) is 0. The Bertz CT molecular complexity index is 103. The van der Waals surface area contributed by atoms with Gasteiger partial charge < -0.3 is 0 Å². The van der Waals surface area contributed by atoms with E-state index >= 15 is 0 Å². The van der Waals surface area contributed by atoms with Crippen molar-refractivity contribution in [3.8, 4) is 0 Å². The first-order valence-corrected chi connectivity index (χ1v) is 4.94. The van der Waals surface area contributed by atoms with Crippen molar-refractivity contribution in [2.75, 3.05) is 0 Å². The highest BCUT2D eigenvalue weighted by Gasteiger charge is 1.87. The molecule has 0 heterocycles. The summed E-state index contributed by atoms with van der Waals surface area (Å²) in [6.45, 7) is 6.63. The van der Waals surface area contributed by atoms with Gasteiger partial charge >= 0.3 is 0 Å². The molecule has 1 heteroatoms. The lowest BCUT2D eigenvalue weighted by Crippen LogP contribution is -1.89. The summed E-state index contributed by atoms with van der Waals surface area (Å²) in [7, 11) is 0.557. The summed E-state index contributed by atoms with van der Waals surface area (Å²) in [6.07, 6.45) is 5.57. The average molecular weight is 140 g/mol. The van der Waals surface area contributed by atoms with Gasteiger partial charge in [-0.25, -0.2) is 0 Å². The lowest BCUT2D eigenvalue weighted by atomic mass is 10.4. The van der Waals surface area contributed by atoms with Crippen LogP contribution < -0.4 is 0 Å². The smallest absolute Gasteiger partial charge is 0.00386 e. The Balaban J connectivity index is 3.43. The van der Waals surface area contributed by atoms with E-state index in [1.54, 1.807) is 0 Å². The van der Waals surface area contributed by atoms with Crippen LogP contribution in [0.1, 0.15) is 27.2 Å². The number of hydrogen-bond donors (Lipinski definition) is 0. The van der Waals surface area contributed by atoms with Gasteiger partial charge in [0.2, 0.25) is 0 Å². The van der Waals surface area contributed by atoms with Gasteiger partial charge in [-0.2, -0.15) is 0 Å². The molecule has 0 rings (SSSR count). The predicted octanol–water partition coefficient (Wildman–Crippen LogP) is 2.02. The van der Waals surface area contributed by atoms with Gasteiger partial charge in [0.25, 0.3) is 0 Å². The Labute approximate surface area is 60.4 Å². The topological polar surface area (TPSA) is 0 Å². The fraction of sp³-hybridized carbons (Fsp3) is 0.625. The highest BCUT2D eigenvalue weighted by Crippen LogP contribution is 2.00. The SMILES string of the molecule is CC=CC=[SiH]C(C)CC. The van der Waals surface area contributed by atoms with Gasteiger partial charge in [0.05, 0.1) is 0 Å². The summed E-state index contributed by atoms with van der Waals surface area (Å²) in [5, 5.41) is 0. The maximum absolute atomic E-state index is 2.31. The summed E-state index contributed by atoms with van der Waals surface area (Å²) in [4.78, 5) is 0. The van der Waals surface area contributed by atoms with Crippen LogP contribution in [0.2, 0.25) is 5.54 Å². The third-order valence-corrected chi connectivity index (χ3v) is 2.96. The zero-order valence-corrected chi connectivity index (χ0v) is 7.75. The summed E-state index contributed by atoms with van der Waals surface area (Å²) in [5.74, 6) is 0. The minimum atomic E-state index is 0.557. The highest BCUT2D eigenvalue weighted by molar-refractivity contribution is 6.50. The fourth-order valence-corrected chi connectivity index (χ4v) is 1.50. The van der Waals surface area contributed by atoms with Crippen LogP contribution in [0.15, 0.2) is 12.2 Å². The van der Waals surface area contributed by atoms with Crippen molar-refractivity contribution in [1.29, 1.82) is 0 Å². The van der Waals surface area contributed by atoms with E-state index in [2.05, 4.69) is 38.6 Å². The van der Waals surface area contributed by atoms with Crippen LogP contribution in [0.4, 0.5) is 0 Å². The van der Waals surface area contributed by atoms with Crippen LogP contribution in [0.25, 0.3) is 0 Å². The molecule has 0 aromatic heterocycles. The van der Waals surface area contributed by atoms with E-state index in [0.717, 1.165) is 5.54 Å². The van der Waals surface area contributed by atoms with E-state index in [-0.39, 0.29) is 0 Å². The third kappa shape index (κ3) is 5.70. The number of hydrogen-bond acceptors (Lipinski definition) is 0. The Morgan fingerprint density at radius 1 is 1.56 bits per heavy atom. The van der Waals surface area contributed by atoms with Gasteiger partial charge in [0.1, 0.15) is 0 Å². The largest absolute Gasteiger partial charge is 0.0881 e. The molecule has 0 fully saturated rings. The quantitative estimate of drug-likeness (QED) is 0.526. The molecule has 0 aliphatic rings. The predicted molar refractivity (Wildman–Crippen MR) is 47.7 cm³/mol. The van der Waals surface area contributed by atoms with E-state index in [1.165, 1.54) is 6.42 Å². The summed E-state index contributed by atoms with van der Waals surface area (Å²) in [5.41, 5.74) is 3.25. The lowest BCUT2D eigenvalue weighted by molar-refractivity contribution is 0.878. The molecule has 1 atom stereocenters. The average Bonchev–Trinajstić information content (AvgIpc) is 1.89. The molecule has 0 nitrogen and oxygen atoms in total. The third-order valence-electron chi connectivity index (χ3n) is 1.39. The normalized spacial score (nSPS) is 15.4. The second-order valence-corrected chi connectivity index (χ2v) is 4.20. The van der Waals surface area contributed by atoms with Crippen molar-refractivity contribution in [1.82, 2.24) is 0 Å². The van der Waals surface area contributed by atoms with E-state index < -0.39 is 0 Å². The van der Waals surface area contributed by atoms with Crippen LogP contribution in [0, 0.1) is 0 Å². The van der Waals surface area contributed by atoms with Gasteiger partial charge in [-0.15, -0.1) is 0 Å². The Morgan fingerprint density at radius 3 is 2.67 bits per heavy atom. The Morgan fingerprint density at radius 2 is 2.22 bits per heavy atom. The zero-order chi connectivity index (χ0) is 7.11. The maximum atomic E-state index is 2.31. The first-order valence-electron chi connectivity index (χ1n) is 3.60. The standard InChI is InChI=1S/C8H16Si/c1-4-6-7-9-8(3)5-2/h4,6-9H,5H2,1-3H3. The van der Waals surface area contributed by atoms with Crippen LogP contribution in [-0.4, -0.2) is 14.8 Å². The second-order valence-electron chi connectivity index (χ2n) is 2.30. The van der Waals surface area contributed by atoms with Crippen molar-refractivity contribution < 1.29 is 0 Å². The highest BCUT2D eigenvalue weighted by atomic mass is 28.2. The molecule has 0 aromatic carbocycles. The molecule has 0 spiro atoms. The zero-order valence-electron chi connectivity index (χ0n) is 6.59. The monoisotopic (exact) mass is 140 g/mol. The molecule has 9 heavy (non-hydrogen) atoms. The van der Waals surface area contributed by atoms with Crippen LogP contribution >= 0.6 is 0 Å². The van der Waals surface area contributed by atoms with Crippen molar-refractivity contribution in [3.63, 3.8) is 0 Å². The van der Waals surface area contributed by atoms with Gasteiger partial charge in [0, 0.05) is 0 Å². The molecule has 1 unspecified atom stereocenters. The van der Waals surface area contributed by atoms with Crippen LogP contribution in [0.5, 0.6) is 0 Å². The Kier molecular flexibility index (Phi) is 5.84. The molecule has 0 bridgehead atoms. The molecule has 0 saturated carbocycles. The summed E-state index contributed by atoms with van der Waals surface area (Å²) < 4.78 is 0. The lowest BCUT2D eigenvalue weighted by Gasteiger charge is -1.95. The maximum Gasteiger partial charge on any atom is -0.00386 e. The minimum Gasteiger partial charge on any atom is -0.0881 e. The van der Waals surface area contributed by atoms with Crippen molar-refractivity contribution in [2.24, 2.45) is 0 Å². The molecular weight excluding hydrogens is 124 g/mol. The first kappa shape index (κ1) is 8.83. The molecule has 0 aliphatic heterocycles.